The second kappa shape index (κ2) is 8.34. The highest BCUT2D eigenvalue weighted by molar-refractivity contribution is 6.05. The number of hydrogen-bond donors (Lipinski definition) is 2. The van der Waals surface area contributed by atoms with E-state index in [1.165, 1.54) is 6.07 Å². The quantitative estimate of drug-likeness (QED) is 0.631. The van der Waals surface area contributed by atoms with Crippen molar-refractivity contribution >= 4 is 23.2 Å². The zero-order valence-electron chi connectivity index (χ0n) is 17.8. The van der Waals surface area contributed by atoms with Crippen LogP contribution in [-0.2, 0) is 17.6 Å². The highest BCUT2D eigenvalue weighted by Gasteiger charge is 2.28. The van der Waals surface area contributed by atoms with Crippen LogP contribution in [0.15, 0.2) is 42.5 Å². The van der Waals surface area contributed by atoms with Crippen LogP contribution in [0.4, 0.5) is 15.8 Å². The SMILES string of the molecule is Cc1ccc(NC(=O)C(C)C)cc1NC(=O)c1nn(-c2ccccc2F)c2c1CCC2. The van der Waals surface area contributed by atoms with Crippen molar-refractivity contribution in [1.29, 1.82) is 0 Å². The van der Waals surface area contributed by atoms with Crippen molar-refractivity contribution in [3.63, 3.8) is 0 Å². The number of halogens is 1. The van der Waals surface area contributed by atoms with Crippen LogP contribution in [0.3, 0.4) is 0 Å². The van der Waals surface area contributed by atoms with Gasteiger partial charge in [-0.05, 0) is 56.0 Å². The molecule has 0 unspecified atom stereocenters. The predicted molar refractivity (Wildman–Crippen MR) is 118 cm³/mol. The van der Waals surface area contributed by atoms with Gasteiger partial charge in [0.25, 0.3) is 5.91 Å². The topological polar surface area (TPSA) is 76.0 Å². The molecule has 31 heavy (non-hydrogen) atoms. The second-order valence-electron chi connectivity index (χ2n) is 8.12. The Hall–Kier alpha value is -3.48. The molecule has 1 heterocycles. The Morgan fingerprint density at radius 2 is 1.87 bits per heavy atom. The molecule has 0 saturated heterocycles. The molecule has 0 fully saturated rings. The maximum absolute atomic E-state index is 14.4. The number of amides is 2. The van der Waals surface area contributed by atoms with Gasteiger partial charge in [-0.1, -0.05) is 32.0 Å². The lowest BCUT2D eigenvalue weighted by atomic mass is 10.1. The highest BCUT2D eigenvalue weighted by atomic mass is 19.1. The number of carbonyl (C=O) groups excluding carboxylic acids is 2. The molecule has 2 aromatic carbocycles. The number of rotatable bonds is 5. The summed E-state index contributed by atoms with van der Waals surface area (Å²) in [6, 6.07) is 11.8. The number of benzene rings is 2. The van der Waals surface area contributed by atoms with Crippen molar-refractivity contribution in [3.05, 3.63) is 70.8 Å². The summed E-state index contributed by atoms with van der Waals surface area (Å²) in [6.45, 7) is 5.52. The lowest BCUT2D eigenvalue weighted by molar-refractivity contribution is -0.118. The van der Waals surface area contributed by atoms with E-state index >= 15 is 0 Å². The van der Waals surface area contributed by atoms with Gasteiger partial charge in [0.05, 0.1) is 0 Å². The van der Waals surface area contributed by atoms with Crippen molar-refractivity contribution in [2.75, 3.05) is 10.6 Å². The number of fused-ring (bicyclic) bond motifs is 1. The Bertz CT molecular complexity index is 1170. The largest absolute Gasteiger partial charge is 0.326 e. The van der Waals surface area contributed by atoms with Crippen LogP contribution in [0, 0.1) is 18.7 Å². The van der Waals surface area contributed by atoms with Crippen LogP contribution in [0.1, 0.15) is 47.6 Å². The molecule has 1 aliphatic carbocycles. The molecule has 0 radical (unpaired) electrons. The first-order chi connectivity index (χ1) is 14.8. The van der Waals surface area contributed by atoms with E-state index in [9.17, 15) is 14.0 Å². The average Bonchev–Trinajstić information content (AvgIpc) is 3.33. The summed E-state index contributed by atoms with van der Waals surface area (Å²) in [5.41, 5.74) is 4.47. The lowest BCUT2D eigenvalue weighted by Gasteiger charge is -2.12. The van der Waals surface area contributed by atoms with Gasteiger partial charge in [0.2, 0.25) is 5.91 Å². The first-order valence-corrected chi connectivity index (χ1v) is 10.4. The van der Waals surface area contributed by atoms with Gasteiger partial charge in [-0.15, -0.1) is 0 Å². The Morgan fingerprint density at radius 3 is 2.61 bits per heavy atom. The van der Waals surface area contributed by atoms with Crippen molar-refractivity contribution in [3.8, 4) is 5.69 Å². The van der Waals surface area contributed by atoms with Crippen LogP contribution in [0.5, 0.6) is 0 Å². The van der Waals surface area contributed by atoms with Crippen molar-refractivity contribution in [1.82, 2.24) is 9.78 Å². The second-order valence-corrected chi connectivity index (χ2v) is 8.12. The van der Waals surface area contributed by atoms with Gasteiger partial charge in [-0.3, -0.25) is 9.59 Å². The molecule has 0 saturated carbocycles. The fraction of sp³-hybridized carbons (Fsp3) is 0.292. The molecular formula is C24H25FN4O2. The van der Waals surface area contributed by atoms with Crippen LogP contribution < -0.4 is 10.6 Å². The smallest absolute Gasteiger partial charge is 0.276 e. The monoisotopic (exact) mass is 420 g/mol. The third kappa shape index (κ3) is 4.08. The summed E-state index contributed by atoms with van der Waals surface area (Å²) < 4.78 is 15.9. The maximum atomic E-state index is 14.4. The fourth-order valence-electron chi connectivity index (χ4n) is 3.75. The van der Waals surface area contributed by atoms with Crippen LogP contribution in [0.25, 0.3) is 5.69 Å². The number of aryl methyl sites for hydroxylation is 1. The minimum Gasteiger partial charge on any atom is -0.326 e. The number of nitrogens with one attached hydrogen (secondary N) is 2. The third-order valence-corrected chi connectivity index (χ3v) is 5.50. The number of para-hydroxylation sites is 1. The molecule has 1 aromatic heterocycles. The third-order valence-electron chi connectivity index (χ3n) is 5.50. The van der Waals surface area contributed by atoms with Crippen molar-refractivity contribution in [2.45, 2.75) is 40.0 Å². The van der Waals surface area contributed by atoms with Gasteiger partial charge in [0, 0.05) is 28.6 Å². The Balaban J connectivity index is 1.64. The standard InChI is InChI=1S/C24H25FN4O2/c1-14(2)23(30)26-16-12-11-15(3)19(13-16)27-24(31)22-17-7-6-10-20(17)29(28-22)21-9-5-4-8-18(21)25/h4-5,8-9,11-14H,6-7,10H2,1-3H3,(H,26,30)(H,27,31). The Morgan fingerprint density at radius 1 is 1.10 bits per heavy atom. The molecule has 7 heteroatoms. The number of nitrogens with zero attached hydrogens (tertiary/aromatic N) is 2. The summed E-state index contributed by atoms with van der Waals surface area (Å²) in [5, 5.41) is 10.2. The van der Waals surface area contributed by atoms with Gasteiger partial charge >= 0.3 is 0 Å². The number of carbonyl (C=O) groups is 2. The summed E-state index contributed by atoms with van der Waals surface area (Å²) in [5.74, 6) is -0.966. The zero-order valence-corrected chi connectivity index (χ0v) is 17.8. The first kappa shape index (κ1) is 20.8. The number of aromatic nitrogens is 2. The Labute approximate surface area is 180 Å². The fourth-order valence-corrected chi connectivity index (χ4v) is 3.75. The van der Waals surface area contributed by atoms with Crippen molar-refractivity contribution in [2.24, 2.45) is 5.92 Å². The van der Waals surface area contributed by atoms with Gasteiger partial charge in [-0.25, -0.2) is 9.07 Å². The summed E-state index contributed by atoms with van der Waals surface area (Å²) in [4.78, 5) is 25.1. The van der Waals surface area contributed by atoms with E-state index in [1.54, 1.807) is 35.0 Å². The highest BCUT2D eigenvalue weighted by Crippen LogP contribution is 2.30. The molecule has 6 nitrogen and oxygen atoms in total. The molecule has 0 aliphatic heterocycles. The van der Waals surface area contributed by atoms with Crippen LogP contribution in [-0.4, -0.2) is 21.6 Å². The molecule has 0 bridgehead atoms. The number of hydrogen-bond acceptors (Lipinski definition) is 3. The molecule has 4 rings (SSSR count). The lowest BCUT2D eigenvalue weighted by Crippen LogP contribution is -2.19. The van der Waals surface area contributed by atoms with Crippen LogP contribution in [0.2, 0.25) is 0 Å². The van der Waals surface area contributed by atoms with E-state index in [2.05, 4.69) is 15.7 Å². The molecule has 2 amide bonds. The number of anilines is 2. The molecule has 0 spiro atoms. The normalized spacial score (nSPS) is 12.7. The van der Waals surface area contributed by atoms with E-state index in [1.807, 2.05) is 26.8 Å². The van der Waals surface area contributed by atoms with E-state index in [0.29, 0.717) is 22.8 Å². The summed E-state index contributed by atoms with van der Waals surface area (Å²) >= 11 is 0. The molecule has 0 atom stereocenters. The van der Waals surface area contributed by atoms with Gasteiger partial charge in [-0.2, -0.15) is 5.10 Å². The van der Waals surface area contributed by atoms with Gasteiger partial charge < -0.3 is 10.6 Å². The minimum absolute atomic E-state index is 0.0948. The van der Waals surface area contributed by atoms with Gasteiger partial charge in [0.1, 0.15) is 11.5 Å². The van der Waals surface area contributed by atoms with Gasteiger partial charge in [0.15, 0.2) is 5.69 Å². The minimum atomic E-state index is -0.379. The molecule has 160 valence electrons. The molecule has 1 aliphatic rings. The summed E-state index contributed by atoms with van der Waals surface area (Å²) in [6.07, 6.45) is 2.38. The van der Waals surface area contributed by atoms with Crippen molar-refractivity contribution < 1.29 is 14.0 Å². The average molecular weight is 420 g/mol. The first-order valence-electron chi connectivity index (χ1n) is 10.4. The molecule has 2 N–H and O–H groups in total. The van der Waals surface area contributed by atoms with E-state index < -0.39 is 0 Å². The molecular weight excluding hydrogens is 395 g/mol. The summed E-state index contributed by atoms with van der Waals surface area (Å²) in [7, 11) is 0. The maximum Gasteiger partial charge on any atom is 0.276 e. The van der Waals surface area contributed by atoms with E-state index in [-0.39, 0.29) is 23.5 Å². The zero-order chi connectivity index (χ0) is 22.1. The van der Waals surface area contributed by atoms with E-state index in [4.69, 9.17) is 0 Å². The van der Waals surface area contributed by atoms with E-state index in [0.717, 1.165) is 36.1 Å². The van der Waals surface area contributed by atoms with Crippen LogP contribution >= 0.6 is 0 Å². The Kier molecular flexibility index (Phi) is 5.59. The predicted octanol–water partition coefficient (Wildman–Crippen LogP) is 4.66. The molecule has 3 aromatic rings.